The Labute approximate surface area is 238 Å². The fourth-order valence-electron chi connectivity index (χ4n) is 11.5. The summed E-state index contributed by atoms with van der Waals surface area (Å²) in [7, 11) is 2.27. The molecule has 8 saturated heterocycles. The minimum absolute atomic E-state index is 0.713. The number of esters is 2. The van der Waals surface area contributed by atoms with Gasteiger partial charge in [-0.05, 0) is 11.1 Å². The van der Waals surface area contributed by atoms with E-state index in [1.54, 1.807) is 12.1 Å². The van der Waals surface area contributed by atoms with Crippen LogP contribution in [-0.2, 0) is 42.7 Å². The smallest absolute Gasteiger partial charge is 0.423 e. The third-order valence-corrected chi connectivity index (χ3v) is 12.3. The number of ether oxygens (including phenoxy) is 7. The van der Waals surface area contributed by atoms with Crippen LogP contribution in [0, 0.1) is 35.5 Å². The van der Waals surface area contributed by atoms with Crippen molar-refractivity contribution in [2.75, 3.05) is 14.2 Å². The molecule has 9 nitrogen and oxygen atoms in total. The second kappa shape index (κ2) is 6.86. The molecule has 16 atom stereocenters. The summed E-state index contributed by atoms with van der Waals surface area (Å²) in [5.74, 6) is -7.83. The van der Waals surface area contributed by atoms with Crippen LogP contribution in [0.5, 0.6) is 0 Å². The number of carbonyl (C=O) groups excluding carboxylic acids is 2. The van der Waals surface area contributed by atoms with E-state index in [0.717, 1.165) is 25.3 Å². The van der Waals surface area contributed by atoms with Gasteiger partial charge in [-0.3, -0.25) is 0 Å². The Bertz CT molecular complexity index is 1440. The highest BCUT2D eigenvalue weighted by atomic mass is 19.4. The molecule has 0 aliphatic carbocycles. The molecule has 43 heavy (non-hydrogen) atoms. The second-order valence-electron chi connectivity index (χ2n) is 13.1. The fraction of sp³-hybridized carbons (Fsp3) is 0.714. The van der Waals surface area contributed by atoms with Gasteiger partial charge >= 0.3 is 24.3 Å². The molecule has 0 N–H and O–H groups in total. The Morgan fingerprint density at radius 2 is 1.12 bits per heavy atom. The maximum Gasteiger partial charge on any atom is 0.423 e. The molecule has 10 rings (SSSR count). The highest BCUT2D eigenvalue weighted by Crippen LogP contribution is 2.85. The average Bonchev–Trinajstić information content (AvgIpc) is 3.69. The molecule has 0 spiro atoms. The van der Waals surface area contributed by atoms with Crippen LogP contribution in [0.4, 0.5) is 26.3 Å². The molecule has 1 aromatic rings. The van der Waals surface area contributed by atoms with Crippen molar-refractivity contribution < 1.29 is 69.1 Å². The number of hydrogen-bond donors (Lipinski definition) is 0. The Morgan fingerprint density at radius 1 is 0.674 bits per heavy atom. The highest BCUT2D eigenvalue weighted by Gasteiger charge is 3.06. The number of benzene rings is 1. The van der Waals surface area contributed by atoms with Crippen molar-refractivity contribution in [2.24, 2.45) is 35.5 Å². The maximum atomic E-state index is 14.5. The van der Waals surface area contributed by atoms with Crippen LogP contribution in [0.2, 0.25) is 0 Å². The molecule has 9 aliphatic rings. The number of carbonyl (C=O) groups is 2. The molecule has 1 aromatic carbocycles. The number of halogens is 6. The topological polar surface area (TPSA) is 102 Å². The minimum Gasteiger partial charge on any atom is -0.467 e. The van der Waals surface area contributed by atoms with Gasteiger partial charge in [0.05, 0.1) is 38.6 Å². The summed E-state index contributed by atoms with van der Waals surface area (Å²) in [5.41, 5.74) is -9.44. The number of methoxy groups -OCH3 is 2. The van der Waals surface area contributed by atoms with E-state index in [4.69, 9.17) is 33.2 Å². The van der Waals surface area contributed by atoms with Gasteiger partial charge in [-0.15, -0.1) is 0 Å². The van der Waals surface area contributed by atoms with Crippen LogP contribution in [0.1, 0.15) is 23.3 Å². The van der Waals surface area contributed by atoms with E-state index >= 15 is 0 Å². The molecule has 0 aromatic heterocycles. The van der Waals surface area contributed by atoms with Crippen LogP contribution >= 0.6 is 0 Å². The first-order chi connectivity index (χ1) is 20.3. The fourth-order valence-corrected chi connectivity index (χ4v) is 11.5. The number of hydrogen-bond acceptors (Lipinski definition) is 9. The lowest BCUT2D eigenvalue weighted by Gasteiger charge is -2.49. The van der Waals surface area contributed by atoms with Crippen molar-refractivity contribution in [3.8, 4) is 0 Å². The quantitative estimate of drug-likeness (QED) is 0.282. The van der Waals surface area contributed by atoms with Crippen molar-refractivity contribution >= 4 is 11.9 Å². The molecule has 9 aliphatic heterocycles. The van der Waals surface area contributed by atoms with Crippen LogP contribution in [0.3, 0.4) is 0 Å². The zero-order valence-corrected chi connectivity index (χ0v) is 22.2. The molecule has 0 radical (unpaired) electrons. The highest BCUT2D eigenvalue weighted by molar-refractivity contribution is 5.90. The predicted molar refractivity (Wildman–Crippen MR) is 121 cm³/mol. The van der Waals surface area contributed by atoms with E-state index in [1.807, 2.05) is 12.1 Å². The Morgan fingerprint density at radius 3 is 1.51 bits per heavy atom. The summed E-state index contributed by atoms with van der Waals surface area (Å²) < 4.78 is 127. The summed E-state index contributed by atoms with van der Waals surface area (Å²) in [6.45, 7) is 0. The van der Waals surface area contributed by atoms with Gasteiger partial charge in [0.25, 0.3) is 0 Å². The molecular weight excluding hydrogens is 594 g/mol. The van der Waals surface area contributed by atoms with Crippen LogP contribution in [0.15, 0.2) is 24.3 Å². The molecule has 0 amide bonds. The number of alkyl halides is 6. The van der Waals surface area contributed by atoms with Crippen molar-refractivity contribution in [3.05, 3.63) is 35.4 Å². The van der Waals surface area contributed by atoms with Gasteiger partial charge < -0.3 is 33.2 Å². The number of rotatable bonds is 2. The summed E-state index contributed by atoms with van der Waals surface area (Å²) in [6.07, 6.45) is -18.7. The first-order valence-corrected chi connectivity index (χ1v) is 14.1. The van der Waals surface area contributed by atoms with Gasteiger partial charge in [0, 0.05) is 35.5 Å². The van der Waals surface area contributed by atoms with Crippen LogP contribution in [-0.4, -0.2) is 85.3 Å². The van der Waals surface area contributed by atoms with Crippen molar-refractivity contribution in [3.63, 3.8) is 0 Å². The third-order valence-electron chi connectivity index (χ3n) is 12.3. The molecular formula is C28H22F6O9. The van der Waals surface area contributed by atoms with Crippen molar-refractivity contribution in [1.82, 2.24) is 0 Å². The lowest BCUT2D eigenvalue weighted by molar-refractivity contribution is -0.220. The summed E-state index contributed by atoms with van der Waals surface area (Å²) in [6, 6.07) is 7.26. The summed E-state index contributed by atoms with van der Waals surface area (Å²) in [4.78, 5) is 27.9. The zero-order valence-electron chi connectivity index (χ0n) is 22.2. The Balaban J connectivity index is 1.18. The van der Waals surface area contributed by atoms with Crippen molar-refractivity contribution in [1.29, 1.82) is 0 Å². The van der Waals surface area contributed by atoms with Crippen LogP contribution < -0.4 is 0 Å². The molecule has 230 valence electrons. The maximum absolute atomic E-state index is 14.5. The lowest BCUT2D eigenvalue weighted by Crippen LogP contribution is -2.68. The molecule has 15 heteroatoms. The van der Waals surface area contributed by atoms with E-state index in [9.17, 15) is 35.9 Å². The molecule has 0 saturated carbocycles. The predicted octanol–water partition coefficient (Wildman–Crippen LogP) is 2.57. The standard InChI is InChI=1S/C28H22F6O9/c1-37-21(35)23-11-12(16-8-6-4-3-5-7(8)15(11)39-16)24(42-23,22(36)38-2)14-13(23)17-9-10(18(14)40-17)20-26(28(32,33)34)25(43-26,19(9)41-20)27(29,30)31/h3-6,9-20H,1-2H3/t9-,10+,11+,12-,13+,14-,15-,16+,17-,18+,19+,20-,23+,24-,25+,26-. The Kier molecular flexibility index (Phi) is 4.12. The molecule has 9 heterocycles. The molecule has 8 fully saturated rings. The first kappa shape index (κ1) is 25.8. The number of fused-ring (bicyclic) bond motifs is 29. The number of epoxide rings is 1. The normalized spacial score (nSPS) is 56.5. The van der Waals surface area contributed by atoms with Gasteiger partial charge in [0.15, 0.2) is 11.2 Å². The largest absolute Gasteiger partial charge is 0.467 e. The summed E-state index contributed by atoms with van der Waals surface area (Å²) in [5, 5.41) is 0. The van der Waals surface area contributed by atoms with Gasteiger partial charge in [0.1, 0.15) is 12.2 Å². The average molecular weight is 616 g/mol. The Hall–Kier alpha value is -2.46. The monoisotopic (exact) mass is 616 g/mol. The molecule has 0 unspecified atom stereocenters. The van der Waals surface area contributed by atoms with Crippen molar-refractivity contribution in [2.45, 2.75) is 71.4 Å². The van der Waals surface area contributed by atoms with E-state index < -0.39 is 119 Å². The molecule has 8 bridgehead atoms. The SMILES string of the molecule is COC(=O)[C@]12O[C@](C(=O)OC)([C@@H]3[C@@H]4O[C@@H]([C@@H]5[C@H]4[C@@H]4O[C@H]5[C@@]5(C(F)(F)F)O[C@@]45C(F)(F)F)[C@@H]31)[C@H]1[C@@H]2[C@H]2O[C@@H]1c1ccccc12. The van der Waals surface area contributed by atoms with Gasteiger partial charge in [-0.2, -0.15) is 26.3 Å². The summed E-state index contributed by atoms with van der Waals surface area (Å²) >= 11 is 0. The third kappa shape index (κ3) is 2.14. The zero-order chi connectivity index (χ0) is 30.0. The van der Waals surface area contributed by atoms with E-state index in [-0.39, 0.29) is 0 Å². The van der Waals surface area contributed by atoms with Gasteiger partial charge in [0.2, 0.25) is 11.2 Å². The van der Waals surface area contributed by atoms with Gasteiger partial charge in [-0.25, -0.2) is 9.59 Å². The van der Waals surface area contributed by atoms with E-state index in [1.165, 1.54) is 0 Å². The van der Waals surface area contributed by atoms with Crippen LogP contribution in [0.25, 0.3) is 0 Å². The lowest BCUT2D eigenvalue weighted by atomic mass is 9.46. The second-order valence-corrected chi connectivity index (χ2v) is 13.1. The first-order valence-electron chi connectivity index (χ1n) is 14.1. The van der Waals surface area contributed by atoms with E-state index in [2.05, 4.69) is 0 Å². The van der Waals surface area contributed by atoms with Gasteiger partial charge in [-0.1, -0.05) is 24.3 Å². The minimum atomic E-state index is -5.40. The van der Waals surface area contributed by atoms with E-state index in [0.29, 0.717) is 0 Å².